The largest absolute Gasteiger partial charge is 0.481 e. The summed E-state index contributed by atoms with van der Waals surface area (Å²) in [5, 5.41) is 8.57. The van der Waals surface area contributed by atoms with Crippen LogP contribution < -0.4 is 0 Å². The second-order valence-electron chi connectivity index (χ2n) is 2.62. The molecule has 0 aliphatic heterocycles. The monoisotopic (exact) mass is 153 g/mol. The maximum atomic E-state index is 10.4. The molecule has 0 fully saturated rings. The Hall–Kier alpha value is -1.25. The van der Waals surface area contributed by atoms with E-state index in [0.717, 1.165) is 0 Å². The highest BCUT2D eigenvalue weighted by Crippen LogP contribution is 2.00. The van der Waals surface area contributed by atoms with E-state index >= 15 is 0 Å². The van der Waals surface area contributed by atoms with Gasteiger partial charge < -0.3 is 9.67 Å². The molecule has 0 amide bonds. The van der Waals surface area contributed by atoms with Crippen LogP contribution in [-0.4, -0.2) is 15.6 Å². The molecule has 1 rings (SSSR count). The zero-order valence-corrected chi connectivity index (χ0v) is 6.40. The fourth-order valence-electron chi connectivity index (χ4n) is 0.886. The van der Waals surface area contributed by atoms with Crippen molar-refractivity contribution >= 4 is 5.97 Å². The van der Waals surface area contributed by atoms with Gasteiger partial charge >= 0.3 is 5.97 Å². The van der Waals surface area contributed by atoms with Crippen molar-refractivity contribution in [3.63, 3.8) is 0 Å². The smallest absolute Gasteiger partial charge is 0.308 e. The lowest BCUT2D eigenvalue weighted by Crippen LogP contribution is -2.15. The van der Waals surface area contributed by atoms with Crippen molar-refractivity contribution in [2.75, 3.05) is 0 Å². The summed E-state index contributed by atoms with van der Waals surface area (Å²) in [6.07, 6.45) is 3.72. The van der Waals surface area contributed by atoms with Crippen molar-refractivity contribution < 1.29 is 9.90 Å². The van der Waals surface area contributed by atoms with Gasteiger partial charge in [-0.2, -0.15) is 0 Å². The maximum absolute atomic E-state index is 10.4. The van der Waals surface area contributed by atoms with E-state index < -0.39 is 5.97 Å². The molecular formula is C8H11NO2. The summed E-state index contributed by atoms with van der Waals surface area (Å²) in [7, 11) is 0. The molecule has 11 heavy (non-hydrogen) atoms. The predicted octanol–water partition coefficient (Wildman–Crippen LogP) is 1.21. The average molecular weight is 153 g/mol. The number of nitrogens with zero attached hydrogens (tertiary/aromatic N) is 1. The SMILES string of the molecule is CC(Cn1cccc1)C(=O)O. The third-order valence-electron chi connectivity index (χ3n) is 1.57. The number of aliphatic carboxylic acids is 1. The van der Waals surface area contributed by atoms with E-state index in [9.17, 15) is 4.79 Å². The number of hydrogen-bond donors (Lipinski definition) is 1. The fourth-order valence-corrected chi connectivity index (χ4v) is 0.886. The summed E-state index contributed by atoms with van der Waals surface area (Å²) < 4.78 is 1.86. The molecule has 0 saturated heterocycles. The second-order valence-corrected chi connectivity index (χ2v) is 2.62. The summed E-state index contributed by atoms with van der Waals surface area (Å²) in [6.45, 7) is 2.24. The molecule has 1 atom stereocenters. The van der Waals surface area contributed by atoms with Crippen molar-refractivity contribution in [2.45, 2.75) is 13.5 Å². The van der Waals surface area contributed by atoms with Gasteiger partial charge in [-0.1, -0.05) is 6.92 Å². The Morgan fingerprint density at radius 2 is 2.09 bits per heavy atom. The van der Waals surface area contributed by atoms with Crippen LogP contribution in [-0.2, 0) is 11.3 Å². The molecule has 1 N–H and O–H groups in total. The summed E-state index contributed by atoms with van der Waals surface area (Å²) in [6, 6.07) is 3.77. The van der Waals surface area contributed by atoms with Crippen molar-refractivity contribution in [2.24, 2.45) is 5.92 Å². The normalized spacial score (nSPS) is 12.8. The topological polar surface area (TPSA) is 42.2 Å². The number of rotatable bonds is 3. The summed E-state index contributed by atoms with van der Waals surface area (Å²) in [4.78, 5) is 10.4. The fraction of sp³-hybridized carbons (Fsp3) is 0.375. The lowest BCUT2D eigenvalue weighted by molar-refractivity contribution is -0.141. The van der Waals surface area contributed by atoms with Crippen LogP contribution >= 0.6 is 0 Å². The highest BCUT2D eigenvalue weighted by molar-refractivity contribution is 5.69. The van der Waals surface area contributed by atoms with Gasteiger partial charge in [0, 0.05) is 18.9 Å². The van der Waals surface area contributed by atoms with Gasteiger partial charge in [-0.25, -0.2) is 0 Å². The molecule has 1 heterocycles. The van der Waals surface area contributed by atoms with Crippen LogP contribution in [0.25, 0.3) is 0 Å². The minimum Gasteiger partial charge on any atom is -0.481 e. The van der Waals surface area contributed by atoms with Crippen LogP contribution in [0.3, 0.4) is 0 Å². The highest BCUT2D eigenvalue weighted by atomic mass is 16.4. The van der Waals surface area contributed by atoms with Crippen LogP contribution in [0.2, 0.25) is 0 Å². The van der Waals surface area contributed by atoms with Crippen molar-refractivity contribution in [1.29, 1.82) is 0 Å². The number of carboxylic acids is 1. The minimum atomic E-state index is -0.751. The van der Waals surface area contributed by atoms with Gasteiger partial charge in [-0.3, -0.25) is 4.79 Å². The van der Waals surface area contributed by atoms with E-state index in [0.29, 0.717) is 6.54 Å². The first-order valence-corrected chi connectivity index (χ1v) is 3.53. The molecule has 3 heteroatoms. The first-order chi connectivity index (χ1) is 5.20. The number of carbonyl (C=O) groups is 1. The Morgan fingerprint density at radius 1 is 1.55 bits per heavy atom. The highest BCUT2D eigenvalue weighted by Gasteiger charge is 2.09. The van der Waals surface area contributed by atoms with Crippen molar-refractivity contribution in [3.05, 3.63) is 24.5 Å². The predicted molar refractivity (Wildman–Crippen MR) is 41.2 cm³/mol. The zero-order valence-electron chi connectivity index (χ0n) is 6.40. The minimum absolute atomic E-state index is 0.317. The quantitative estimate of drug-likeness (QED) is 0.709. The van der Waals surface area contributed by atoms with Crippen LogP contribution in [0.5, 0.6) is 0 Å². The van der Waals surface area contributed by atoms with Gasteiger partial charge in [-0.15, -0.1) is 0 Å². The van der Waals surface area contributed by atoms with Crippen LogP contribution in [0.4, 0.5) is 0 Å². The molecule has 60 valence electrons. The Balaban J connectivity index is 2.50. The molecule has 1 aromatic rings. The van der Waals surface area contributed by atoms with Gasteiger partial charge in [0.25, 0.3) is 0 Å². The van der Waals surface area contributed by atoms with Gasteiger partial charge in [0.2, 0.25) is 0 Å². The molecule has 0 spiro atoms. The standard InChI is InChI=1S/C8H11NO2/c1-7(8(10)11)6-9-4-2-3-5-9/h2-5,7H,6H2,1H3,(H,10,11). The van der Waals surface area contributed by atoms with Gasteiger partial charge in [0.15, 0.2) is 0 Å². The first-order valence-electron chi connectivity index (χ1n) is 3.53. The molecule has 0 aliphatic carbocycles. The Kier molecular flexibility index (Phi) is 2.31. The van der Waals surface area contributed by atoms with E-state index in [4.69, 9.17) is 5.11 Å². The molecule has 1 unspecified atom stereocenters. The zero-order chi connectivity index (χ0) is 8.27. The summed E-state index contributed by atoms with van der Waals surface area (Å²) in [5.74, 6) is -1.07. The molecular weight excluding hydrogens is 142 g/mol. The number of carboxylic acid groups (broad SMARTS) is 1. The summed E-state index contributed by atoms with van der Waals surface area (Å²) in [5.41, 5.74) is 0. The lowest BCUT2D eigenvalue weighted by atomic mass is 10.2. The second kappa shape index (κ2) is 3.23. The lowest BCUT2D eigenvalue weighted by Gasteiger charge is -2.06. The Labute approximate surface area is 65.3 Å². The first kappa shape index (κ1) is 7.85. The van der Waals surface area contributed by atoms with Gasteiger partial charge in [0.1, 0.15) is 0 Å². The Morgan fingerprint density at radius 3 is 2.55 bits per heavy atom. The average Bonchev–Trinajstić information content (AvgIpc) is 2.39. The molecule has 0 saturated carbocycles. The van der Waals surface area contributed by atoms with Gasteiger partial charge in [-0.05, 0) is 12.1 Å². The molecule has 3 nitrogen and oxygen atoms in total. The Bertz CT molecular complexity index is 228. The third kappa shape index (κ3) is 2.11. The van der Waals surface area contributed by atoms with Crippen LogP contribution in [0.15, 0.2) is 24.5 Å². The van der Waals surface area contributed by atoms with Crippen molar-refractivity contribution in [1.82, 2.24) is 4.57 Å². The molecule has 0 aromatic carbocycles. The maximum Gasteiger partial charge on any atom is 0.308 e. The van der Waals surface area contributed by atoms with Crippen molar-refractivity contribution in [3.8, 4) is 0 Å². The van der Waals surface area contributed by atoms with E-state index in [-0.39, 0.29) is 5.92 Å². The van der Waals surface area contributed by atoms with E-state index in [1.165, 1.54) is 0 Å². The molecule has 0 radical (unpaired) electrons. The molecule has 0 bridgehead atoms. The van der Waals surface area contributed by atoms with Crippen LogP contribution in [0.1, 0.15) is 6.92 Å². The summed E-state index contributed by atoms with van der Waals surface area (Å²) >= 11 is 0. The van der Waals surface area contributed by atoms with Crippen LogP contribution in [0, 0.1) is 5.92 Å². The van der Waals surface area contributed by atoms with E-state index in [1.807, 2.05) is 29.1 Å². The molecule has 1 aromatic heterocycles. The number of hydrogen-bond acceptors (Lipinski definition) is 1. The van der Waals surface area contributed by atoms with Gasteiger partial charge in [0.05, 0.1) is 5.92 Å². The third-order valence-corrected chi connectivity index (χ3v) is 1.57. The number of aromatic nitrogens is 1. The molecule has 0 aliphatic rings. The van der Waals surface area contributed by atoms with E-state index in [1.54, 1.807) is 6.92 Å². The van der Waals surface area contributed by atoms with E-state index in [2.05, 4.69) is 0 Å².